The van der Waals surface area contributed by atoms with E-state index in [4.69, 9.17) is 11.6 Å². The number of benzene rings is 2. The molecule has 102 valence electrons. The standard InChI is InChI=1S/C16H16ClN3/c17-12-8-9-14-15(11-12)20-16(19-14)7-4-10-18-13-5-2-1-3-6-13/h1-3,5-6,8-9,11,18H,4,7,10H2,(H,19,20). The Labute approximate surface area is 123 Å². The number of aromatic amines is 1. The smallest absolute Gasteiger partial charge is 0.107 e. The fourth-order valence-corrected chi connectivity index (χ4v) is 2.37. The first-order valence-electron chi connectivity index (χ1n) is 6.74. The van der Waals surface area contributed by atoms with E-state index in [0.29, 0.717) is 0 Å². The van der Waals surface area contributed by atoms with E-state index < -0.39 is 0 Å². The van der Waals surface area contributed by atoms with Crippen LogP contribution in [-0.4, -0.2) is 16.5 Å². The third-order valence-electron chi connectivity index (χ3n) is 3.19. The largest absolute Gasteiger partial charge is 0.385 e. The minimum absolute atomic E-state index is 0.735. The molecule has 3 aromatic rings. The Bertz CT molecular complexity index is 691. The van der Waals surface area contributed by atoms with Gasteiger partial charge in [-0.1, -0.05) is 29.8 Å². The zero-order valence-corrected chi connectivity index (χ0v) is 11.8. The maximum absolute atomic E-state index is 5.96. The summed E-state index contributed by atoms with van der Waals surface area (Å²) in [5.41, 5.74) is 3.13. The van der Waals surface area contributed by atoms with E-state index in [0.717, 1.165) is 47.0 Å². The summed E-state index contributed by atoms with van der Waals surface area (Å²) in [4.78, 5) is 7.87. The van der Waals surface area contributed by atoms with Gasteiger partial charge in [0, 0.05) is 23.7 Å². The highest BCUT2D eigenvalue weighted by atomic mass is 35.5. The molecule has 3 rings (SSSR count). The first-order chi connectivity index (χ1) is 9.81. The van der Waals surface area contributed by atoms with E-state index in [1.165, 1.54) is 0 Å². The molecule has 0 fully saturated rings. The highest BCUT2D eigenvalue weighted by Gasteiger charge is 2.03. The summed E-state index contributed by atoms with van der Waals surface area (Å²) in [5.74, 6) is 1.01. The first kappa shape index (κ1) is 13.0. The second-order valence-electron chi connectivity index (χ2n) is 4.74. The van der Waals surface area contributed by atoms with Gasteiger partial charge in [-0.3, -0.25) is 0 Å². The molecule has 0 aliphatic heterocycles. The van der Waals surface area contributed by atoms with Crippen LogP contribution in [0.2, 0.25) is 5.02 Å². The molecule has 1 aromatic heterocycles. The molecule has 0 unspecified atom stereocenters. The molecular formula is C16H16ClN3. The second kappa shape index (κ2) is 5.97. The molecule has 0 radical (unpaired) electrons. The van der Waals surface area contributed by atoms with Gasteiger partial charge in [0.25, 0.3) is 0 Å². The Morgan fingerprint density at radius 2 is 1.95 bits per heavy atom. The van der Waals surface area contributed by atoms with Crippen LogP contribution in [0.5, 0.6) is 0 Å². The van der Waals surface area contributed by atoms with Gasteiger partial charge in [0.1, 0.15) is 5.82 Å². The van der Waals surface area contributed by atoms with Crippen molar-refractivity contribution >= 4 is 28.3 Å². The summed E-state index contributed by atoms with van der Waals surface area (Å²) in [6, 6.07) is 16.0. The lowest BCUT2D eigenvalue weighted by Gasteiger charge is -2.04. The fourth-order valence-electron chi connectivity index (χ4n) is 2.20. The topological polar surface area (TPSA) is 40.7 Å². The highest BCUT2D eigenvalue weighted by molar-refractivity contribution is 6.31. The highest BCUT2D eigenvalue weighted by Crippen LogP contribution is 2.17. The number of hydrogen-bond acceptors (Lipinski definition) is 2. The number of rotatable bonds is 5. The average Bonchev–Trinajstić information content (AvgIpc) is 2.86. The lowest BCUT2D eigenvalue weighted by atomic mass is 10.2. The number of halogens is 1. The summed E-state index contributed by atoms with van der Waals surface area (Å²) in [6.07, 6.45) is 1.95. The number of nitrogens with zero attached hydrogens (tertiary/aromatic N) is 1. The molecular weight excluding hydrogens is 270 g/mol. The molecule has 3 nitrogen and oxygen atoms in total. The molecule has 0 atom stereocenters. The van der Waals surface area contributed by atoms with E-state index in [9.17, 15) is 0 Å². The molecule has 0 aliphatic carbocycles. The van der Waals surface area contributed by atoms with Gasteiger partial charge in [-0.05, 0) is 36.8 Å². The van der Waals surface area contributed by atoms with Crippen LogP contribution < -0.4 is 5.32 Å². The lowest BCUT2D eigenvalue weighted by molar-refractivity contribution is 0.820. The van der Waals surface area contributed by atoms with Crippen molar-refractivity contribution in [2.75, 3.05) is 11.9 Å². The third-order valence-corrected chi connectivity index (χ3v) is 3.42. The number of anilines is 1. The maximum atomic E-state index is 5.96. The van der Waals surface area contributed by atoms with Crippen LogP contribution in [-0.2, 0) is 6.42 Å². The van der Waals surface area contributed by atoms with Crippen molar-refractivity contribution in [3.8, 4) is 0 Å². The van der Waals surface area contributed by atoms with Crippen LogP contribution >= 0.6 is 11.6 Å². The number of H-pyrrole nitrogens is 1. The van der Waals surface area contributed by atoms with Gasteiger partial charge < -0.3 is 10.3 Å². The molecule has 0 spiro atoms. The summed E-state index contributed by atoms with van der Waals surface area (Å²) in [5, 5.41) is 4.13. The molecule has 2 aromatic carbocycles. The number of nitrogens with one attached hydrogen (secondary N) is 2. The van der Waals surface area contributed by atoms with Gasteiger partial charge in [-0.15, -0.1) is 0 Å². The number of fused-ring (bicyclic) bond motifs is 1. The molecule has 1 heterocycles. The number of imidazole rings is 1. The molecule has 0 aliphatic rings. The molecule has 20 heavy (non-hydrogen) atoms. The maximum Gasteiger partial charge on any atom is 0.107 e. The number of aryl methyl sites for hydroxylation is 1. The Balaban J connectivity index is 1.55. The molecule has 0 saturated heterocycles. The summed E-state index contributed by atoms with van der Waals surface area (Å²) >= 11 is 5.96. The van der Waals surface area contributed by atoms with Crippen LogP contribution in [0, 0.1) is 0 Å². The summed E-state index contributed by atoms with van der Waals surface area (Å²) in [7, 11) is 0. The third kappa shape index (κ3) is 3.11. The van der Waals surface area contributed by atoms with E-state index in [2.05, 4.69) is 27.4 Å². The summed E-state index contributed by atoms with van der Waals surface area (Å²) < 4.78 is 0. The fraction of sp³-hybridized carbons (Fsp3) is 0.188. The molecule has 2 N–H and O–H groups in total. The zero-order valence-electron chi connectivity index (χ0n) is 11.1. The van der Waals surface area contributed by atoms with Crippen LogP contribution in [0.4, 0.5) is 5.69 Å². The Morgan fingerprint density at radius 3 is 2.80 bits per heavy atom. The predicted octanol–water partition coefficient (Wildman–Crippen LogP) is 4.26. The first-order valence-corrected chi connectivity index (χ1v) is 7.12. The zero-order chi connectivity index (χ0) is 13.8. The van der Waals surface area contributed by atoms with Gasteiger partial charge in [0.15, 0.2) is 0 Å². The van der Waals surface area contributed by atoms with Crippen LogP contribution in [0.25, 0.3) is 11.0 Å². The minimum Gasteiger partial charge on any atom is -0.385 e. The van der Waals surface area contributed by atoms with Crippen LogP contribution in [0.3, 0.4) is 0 Å². The van der Waals surface area contributed by atoms with Crippen molar-refractivity contribution < 1.29 is 0 Å². The van der Waals surface area contributed by atoms with Crippen molar-refractivity contribution in [1.29, 1.82) is 0 Å². The SMILES string of the molecule is Clc1ccc2nc(CCCNc3ccccc3)[nH]c2c1. The minimum atomic E-state index is 0.735. The van der Waals surface area contributed by atoms with Crippen molar-refractivity contribution in [2.24, 2.45) is 0 Å². The van der Waals surface area contributed by atoms with Gasteiger partial charge >= 0.3 is 0 Å². The van der Waals surface area contributed by atoms with Gasteiger partial charge in [0.2, 0.25) is 0 Å². The molecule has 0 saturated carbocycles. The van der Waals surface area contributed by atoms with Crippen molar-refractivity contribution in [2.45, 2.75) is 12.8 Å². The average molecular weight is 286 g/mol. The van der Waals surface area contributed by atoms with Crippen molar-refractivity contribution in [3.05, 3.63) is 59.4 Å². The van der Waals surface area contributed by atoms with E-state index in [1.54, 1.807) is 0 Å². The van der Waals surface area contributed by atoms with Gasteiger partial charge in [-0.25, -0.2) is 4.98 Å². The Hall–Kier alpha value is -2.00. The normalized spacial score (nSPS) is 10.8. The Kier molecular flexibility index (Phi) is 3.88. The van der Waals surface area contributed by atoms with Crippen molar-refractivity contribution in [3.63, 3.8) is 0 Å². The van der Waals surface area contributed by atoms with Crippen molar-refractivity contribution in [1.82, 2.24) is 9.97 Å². The van der Waals surface area contributed by atoms with Gasteiger partial charge in [-0.2, -0.15) is 0 Å². The Morgan fingerprint density at radius 1 is 1.10 bits per heavy atom. The van der Waals surface area contributed by atoms with E-state index in [1.807, 2.05) is 36.4 Å². The van der Waals surface area contributed by atoms with Gasteiger partial charge in [0.05, 0.1) is 11.0 Å². The monoisotopic (exact) mass is 285 g/mol. The number of para-hydroxylation sites is 1. The van der Waals surface area contributed by atoms with Crippen LogP contribution in [0.1, 0.15) is 12.2 Å². The molecule has 0 bridgehead atoms. The van der Waals surface area contributed by atoms with Crippen LogP contribution in [0.15, 0.2) is 48.5 Å². The second-order valence-corrected chi connectivity index (χ2v) is 5.18. The molecule has 0 amide bonds. The van der Waals surface area contributed by atoms with E-state index >= 15 is 0 Å². The summed E-state index contributed by atoms with van der Waals surface area (Å²) in [6.45, 7) is 0.932. The molecule has 4 heteroatoms. The quantitative estimate of drug-likeness (QED) is 0.688. The van der Waals surface area contributed by atoms with E-state index in [-0.39, 0.29) is 0 Å². The number of aromatic nitrogens is 2. The lowest BCUT2D eigenvalue weighted by Crippen LogP contribution is -2.03. The predicted molar refractivity (Wildman–Crippen MR) is 84.4 cm³/mol. The number of hydrogen-bond donors (Lipinski definition) is 2.